The third kappa shape index (κ3) is 12.9. The van der Waals surface area contributed by atoms with Crippen LogP contribution in [0.1, 0.15) is 176 Å². The van der Waals surface area contributed by atoms with Gasteiger partial charge in [-0.25, -0.2) is 24.7 Å². The quantitative estimate of drug-likeness (QED) is 0.138. The van der Waals surface area contributed by atoms with Crippen LogP contribution in [0.15, 0.2) is 89.7 Å². The first-order valence-corrected chi connectivity index (χ1v) is 28.4. The molecule has 4 aliphatic heterocycles. The van der Waals surface area contributed by atoms with Gasteiger partial charge in [0, 0.05) is 87.8 Å². The fourth-order valence-corrected chi connectivity index (χ4v) is 16.4. The van der Waals surface area contributed by atoms with Crippen LogP contribution >= 0.6 is 11.6 Å². The van der Waals surface area contributed by atoms with Crippen LogP contribution in [0.2, 0.25) is 5.15 Å². The Labute approximate surface area is 500 Å². The monoisotopic (exact) mass is 1340 g/mol. The van der Waals surface area contributed by atoms with Gasteiger partial charge >= 0.3 is 11.4 Å². The summed E-state index contributed by atoms with van der Waals surface area (Å²) in [6, 6.07) is 19.5. The van der Waals surface area contributed by atoms with Crippen LogP contribution in [0.5, 0.6) is 0 Å². The van der Waals surface area contributed by atoms with E-state index in [1.165, 1.54) is 116 Å². The Morgan fingerprint density at radius 1 is 0.500 bits per heavy atom. The van der Waals surface area contributed by atoms with Gasteiger partial charge in [0.2, 0.25) is 5.82 Å². The van der Waals surface area contributed by atoms with Crippen LogP contribution < -0.4 is 33.6 Å². The van der Waals surface area contributed by atoms with Crippen molar-refractivity contribution in [3.8, 4) is 5.82 Å². The van der Waals surface area contributed by atoms with Gasteiger partial charge in [-0.15, -0.1) is 0 Å². The second kappa shape index (κ2) is 27.1. The summed E-state index contributed by atoms with van der Waals surface area (Å²) < 4.78 is 10.0. The van der Waals surface area contributed by atoms with Crippen LogP contribution in [0.4, 0.5) is 0 Å². The van der Waals surface area contributed by atoms with Gasteiger partial charge < -0.3 is 9.13 Å². The summed E-state index contributed by atoms with van der Waals surface area (Å²) in [7, 11) is 3.75. The number of aromatic nitrogens is 10. The Hall–Kier alpha value is -4.73. The smallest absolute Gasteiger partial charge is 0.301 e. The van der Waals surface area contributed by atoms with Crippen LogP contribution in [-0.4, -0.2) is 105 Å². The van der Waals surface area contributed by atoms with E-state index >= 15 is 0 Å². The van der Waals surface area contributed by atoms with Crippen molar-refractivity contribution in [2.45, 2.75) is 212 Å². The first-order valence-electron chi connectivity index (χ1n) is 28.6. The van der Waals surface area contributed by atoms with Crippen molar-refractivity contribution < 1.29 is 31.1 Å². The number of hydrogen-bond acceptors (Lipinski definition) is 12. The molecule has 80 heavy (non-hydrogen) atoms. The minimum absolute atomic E-state index is 0. The zero-order chi connectivity index (χ0) is 53.3. The van der Waals surface area contributed by atoms with E-state index in [9.17, 15) is 28.8 Å². The summed E-state index contributed by atoms with van der Waals surface area (Å²) in [5.41, 5.74) is 0.324. The molecular weight excluding hydrogens is 1260 g/mol. The number of para-hydroxylation sites is 4. The third-order valence-electron chi connectivity index (χ3n) is 18.8. The van der Waals surface area contributed by atoms with E-state index in [-0.39, 0.29) is 87.6 Å². The standard InChI is InChI=1S/C28H34N6O3.C25H32ClN3O.C3H3N3O2.3CH4.BH.U/c35-25-16-29-34(28(37)31-25)26-27(36)33(24-10-2-1-9-23(24)30-26)22-14-19-7-4-8-20(15-22)32(19)21-12-17-5-3-6-18(11-17)13-21;26-24-25(30)29(23-10-2-1-9-22(23)27-24)21-14-18-7-4-8-19(15-21)28(18)20-12-16-5-3-6-17(11-16)13-20;7-2-1-4-6-3(8)5-2;;;;;/h1-2,9-10,16-22H,3-8,11-15H2,(H,31,35,37);1-2,9-10,16-21H,3-8,11-15H2;1H,(H2,5,6,7,8);3*1H4;1H;/t17-,18+,19-,20+,21?,22?;16-,17+,18-,19+,20?,21?;;;;;;/i;;;;;;1D;. The number of H-pyrrole nitrogens is 3. The molecule has 3 N–H and O–H groups in total. The largest absolute Gasteiger partial charge is 0.351 e. The number of nitrogens with one attached hydrogen (secondary N) is 3. The number of hydrogen-bond donors (Lipinski definition) is 3. The molecule has 12 atom stereocenters. The molecular formula is C59H82BClN12O6U. The van der Waals surface area contributed by atoms with Gasteiger partial charge in [-0.1, -0.05) is 110 Å². The summed E-state index contributed by atoms with van der Waals surface area (Å²) in [6.45, 7) is 0. The molecule has 8 fully saturated rings. The number of rotatable bonds is 5. The summed E-state index contributed by atoms with van der Waals surface area (Å²) in [5, 5.41) is 9.26. The van der Waals surface area contributed by atoms with E-state index in [0.29, 0.717) is 35.7 Å². The topological polar surface area (TPSA) is 223 Å². The predicted octanol–water partition coefficient (Wildman–Crippen LogP) is 8.45. The van der Waals surface area contributed by atoms with E-state index in [1.807, 2.05) is 67.7 Å². The molecule has 8 heterocycles. The molecule has 4 saturated heterocycles. The summed E-state index contributed by atoms with van der Waals surface area (Å²) >= 11 is 6.28. The van der Waals surface area contributed by atoms with Gasteiger partial charge in [0.05, 0.1) is 22.1 Å². The SMILES string of the molecule is C.C.C.O=c1c(Cl)nc2ccccc2n1C1C[C@H]2CCC[C@@H](C1)N2C1C[C@H]2CCC[C@@H](C1)C2.O=c1cn[nH]c(=O)[nH]1.O=c1cnn(-c2nc3ccccc3n(C3C[C@H]4CCC[C@@H](C3)N4C3C[C@H]4CCC[C@@H](C3)C4)c2=O)c(=O)[nH]1.[2H][B].[U]. The molecule has 0 amide bonds. The number of aromatic amines is 3. The Bertz CT molecular complexity index is 3370. The van der Waals surface area contributed by atoms with Crippen molar-refractivity contribution in [2.24, 2.45) is 23.7 Å². The molecule has 428 valence electrons. The van der Waals surface area contributed by atoms with Gasteiger partial charge in [0.25, 0.3) is 22.2 Å². The van der Waals surface area contributed by atoms with E-state index < -0.39 is 22.5 Å². The fraction of sp³-hybridized carbons (Fsp3) is 0.627. The molecule has 8 bridgehead atoms. The van der Waals surface area contributed by atoms with Gasteiger partial charge in [0.1, 0.15) is 12.4 Å². The average molecular weight is 1340 g/mol. The number of fused-ring (bicyclic) bond motifs is 10. The maximum absolute atomic E-state index is 14.0. The normalized spacial score (nSPS) is 29.5. The molecule has 8 aliphatic rings. The average Bonchev–Trinajstić information content (AvgIpc) is 3.56. The molecule has 4 aliphatic carbocycles. The zero-order valence-corrected chi connectivity index (χ0v) is 48.6. The fourth-order valence-electron chi connectivity index (χ4n) is 16.2. The van der Waals surface area contributed by atoms with Crippen molar-refractivity contribution in [3.05, 3.63) is 128 Å². The molecule has 21 heteroatoms. The van der Waals surface area contributed by atoms with Crippen LogP contribution in [0, 0.1) is 54.8 Å². The third-order valence-corrected chi connectivity index (χ3v) is 19.1. The van der Waals surface area contributed by atoms with E-state index in [4.69, 9.17) is 12.9 Å². The molecule has 6 aromatic rings. The Kier molecular flexibility index (Phi) is 20.8. The van der Waals surface area contributed by atoms with Crippen molar-refractivity contribution in [1.82, 2.24) is 58.8 Å². The number of halogens is 1. The maximum atomic E-state index is 14.0. The van der Waals surface area contributed by atoms with Crippen molar-refractivity contribution in [1.29, 1.82) is 1.34 Å². The van der Waals surface area contributed by atoms with Crippen LogP contribution in [0.3, 0.4) is 0 Å². The van der Waals surface area contributed by atoms with E-state index in [0.717, 1.165) is 89.0 Å². The zero-order valence-electron chi connectivity index (χ0n) is 44.7. The second-order valence-electron chi connectivity index (χ2n) is 23.4. The first-order chi connectivity index (χ1) is 37.5. The molecule has 4 aromatic heterocycles. The minimum atomic E-state index is -0.756. The maximum Gasteiger partial charge on any atom is 0.351 e. The number of nitrogens with zero attached hydrogens (tertiary/aromatic N) is 9. The molecule has 4 saturated carbocycles. The summed E-state index contributed by atoms with van der Waals surface area (Å²) in [5.74, 6) is 3.66. The minimum Gasteiger partial charge on any atom is -0.301 e. The van der Waals surface area contributed by atoms with Gasteiger partial charge in [0.15, 0.2) is 5.15 Å². The predicted molar refractivity (Wildman–Crippen MR) is 314 cm³/mol. The van der Waals surface area contributed by atoms with Crippen molar-refractivity contribution in [3.63, 3.8) is 0 Å². The second-order valence-corrected chi connectivity index (χ2v) is 23.7. The van der Waals surface area contributed by atoms with Crippen molar-refractivity contribution in [2.75, 3.05) is 0 Å². The Morgan fingerprint density at radius 3 is 1.36 bits per heavy atom. The summed E-state index contributed by atoms with van der Waals surface area (Å²) in [6.07, 6.45) is 30.5. The molecule has 2 radical (unpaired) electrons. The van der Waals surface area contributed by atoms with Gasteiger partial charge in [-0.05, 0) is 139 Å². The van der Waals surface area contributed by atoms with E-state index in [1.54, 1.807) is 0 Å². The Balaban J connectivity index is 0.000000194. The molecule has 4 unspecified atom stereocenters. The summed E-state index contributed by atoms with van der Waals surface area (Å²) in [4.78, 5) is 90.2. The van der Waals surface area contributed by atoms with Gasteiger partial charge in [-0.3, -0.25) is 38.9 Å². The molecule has 2 aromatic carbocycles. The van der Waals surface area contributed by atoms with Crippen LogP contribution in [-0.2, 0) is 0 Å². The Morgan fingerprint density at radius 2 is 0.925 bits per heavy atom. The van der Waals surface area contributed by atoms with Crippen molar-refractivity contribution >= 4 is 42.0 Å². The number of piperidine rings is 4. The number of benzene rings is 2. The molecule has 18 nitrogen and oxygen atoms in total. The van der Waals surface area contributed by atoms with Crippen LogP contribution in [0.25, 0.3) is 27.9 Å². The molecule has 0 spiro atoms. The van der Waals surface area contributed by atoms with Gasteiger partial charge in [-0.2, -0.15) is 14.9 Å². The molecule has 14 rings (SSSR count). The van der Waals surface area contributed by atoms with E-state index in [2.05, 4.69) is 43.3 Å². The first kappa shape index (κ1) is 61.3.